The number of fused-ring (bicyclic) bond motifs is 18. The summed E-state index contributed by atoms with van der Waals surface area (Å²) in [7, 11) is 0. The molecule has 6 aliphatic rings. The number of nitrogens with zero attached hydrogens (tertiary/aromatic N) is 10. The molecule has 627 valence electrons. The first-order valence-corrected chi connectivity index (χ1v) is 48.7. The summed E-state index contributed by atoms with van der Waals surface area (Å²) >= 11 is 8.48. The van der Waals surface area contributed by atoms with Gasteiger partial charge in [0, 0.05) is 245 Å². The molecule has 12 heterocycles. The number of rotatable bonds is 11. The zero-order chi connectivity index (χ0) is 78.7. The Bertz CT molecular complexity index is 5880. The quantitative estimate of drug-likeness (QED) is 0.0919. The molecule has 0 atom stereocenters. The predicted octanol–water partition coefficient (Wildman–Crippen LogP) is 25.7. The fraction of sp³-hybridized carbons (Fsp3) is 0.388. The van der Waals surface area contributed by atoms with Crippen LogP contribution in [0, 0.1) is 41.9 Å². The number of anilines is 4. The summed E-state index contributed by atoms with van der Waals surface area (Å²) in [6, 6.07) is 77.2. The maximum atomic E-state index is 5.11. The van der Waals surface area contributed by atoms with E-state index in [4.69, 9.17) is 15.0 Å². The van der Waals surface area contributed by atoms with E-state index >= 15 is 0 Å². The van der Waals surface area contributed by atoms with Crippen molar-refractivity contribution in [3.05, 3.63) is 230 Å². The van der Waals surface area contributed by atoms with E-state index in [0.29, 0.717) is 11.8 Å². The molecule has 0 saturated carbocycles. The van der Waals surface area contributed by atoms with Gasteiger partial charge in [0.15, 0.2) is 0 Å². The van der Waals surface area contributed by atoms with Gasteiger partial charge < -0.3 is 32.8 Å². The summed E-state index contributed by atoms with van der Waals surface area (Å²) < 4.78 is 7.27. The van der Waals surface area contributed by atoms with Crippen LogP contribution in [0.15, 0.2) is 201 Å². The van der Waals surface area contributed by atoms with Crippen LogP contribution in [-0.4, -0.2) is 127 Å². The largest absolute Gasteiger partial charge is 0.371 e. The first-order valence-electron chi connectivity index (χ1n) is 44.1. The van der Waals surface area contributed by atoms with E-state index < -0.39 is 0 Å². The third-order valence-corrected chi connectivity index (χ3v) is 31.7. The number of piperidine rings is 2. The average molecular weight is 2190 g/mol. The van der Waals surface area contributed by atoms with E-state index in [9.17, 15) is 0 Å². The van der Waals surface area contributed by atoms with Crippen molar-refractivity contribution in [1.82, 2.24) is 28.2 Å². The second-order valence-electron chi connectivity index (χ2n) is 34.3. The topological polar surface area (TPSA) is 64.9 Å². The number of hydrogen-bond donors (Lipinski definition) is 0. The molecule has 15 aromatic rings. The van der Waals surface area contributed by atoms with Crippen molar-refractivity contribution in [2.45, 2.75) is 129 Å². The monoisotopic (exact) mass is 2190 g/mol. The molecule has 0 N–H and O–H groups in total. The molecule has 9 aromatic carbocycles. The molecule has 17 heteroatoms. The molecule has 0 aliphatic carbocycles. The van der Waals surface area contributed by atoms with Gasteiger partial charge in [0.1, 0.15) is 0 Å². The summed E-state index contributed by atoms with van der Waals surface area (Å²) in [6.07, 6.45) is 24.6. The van der Waals surface area contributed by atoms with Gasteiger partial charge in [-0.2, -0.15) is 47.0 Å². The third-order valence-electron chi connectivity index (χ3n) is 26.7. The minimum absolute atomic E-state index is 0. The normalized spacial score (nSPS) is 17.4. The maximum absolute atomic E-state index is 5.11. The Hall–Kier alpha value is -6.84. The van der Waals surface area contributed by atoms with Gasteiger partial charge in [0.25, 0.3) is 0 Å². The molecule has 6 aromatic heterocycles. The van der Waals surface area contributed by atoms with Crippen molar-refractivity contribution in [2.75, 3.05) is 118 Å². The number of pyridine rings is 3. The Morgan fingerprint density at radius 3 is 0.917 bits per heavy atom. The molecule has 0 unspecified atom stereocenters. The van der Waals surface area contributed by atoms with Crippen LogP contribution in [0.2, 0.25) is 0 Å². The van der Waals surface area contributed by atoms with Crippen molar-refractivity contribution in [3.8, 4) is 33.8 Å². The van der Waals surface area contributed by atoms with E-state index in [2.05, 4.69) is 308 Å². The first kappa shape index (κ1) is 86.7. The Balaban J connectivity index is 0.000000133. The molecular weight excluding hydrogens is 2080 g/mol. The zero-order valence-electron chi connectivity index (χ0n) is 69.8. The van der Waals surface area contributed by atoms with Crippen molar-refractivity contribution >= 4 is 152 Å². The second kappa shape index (κ2) is 40.0. The van der Waals surface area contributed by atoms with E-state index in [1.54, 1.807) is 0 Å². The summed E-state index contributed by atoms with van der Waals surface area (Å²) in [4.78, 5) is 26.0. The molecule has 0 bridgehead atoms. The number of benzene rings is 9. The van der Waals surface area contributed by atoms with Crippen LogP contribution in [0.5, 0.6) is 0 Å². The fourth-order valence-electron chi connectivity index (χ4n) is 20.5. The molecule has 0 amide bonds. The molecule has 3 radical (unpaired) electrons. The van der Waals surface area contributed by atoms with E-state index in [0.717, 1.165) is 109 Å². The third kappa shape index (κ3) is 17.4. The van der Waals surface area contributed by atoms with Gasteiger partial charge in [-0.05, 0) is 145 Å². The van der Waals surface area contributed by atoms with Gasteiger partial charge in [-0.25, -0.2) is 0 Å². The minimum Gasteiger partial charge on any atom is -0.371 e. The number of thioether (sulfide) groups is 4. The van der Waals surface area contributed by atoms with Gasteiger partial charge in [-0.3, -0.25) is 15.0 Å². The Morgan fingerprint density at radius 1 is 0.308 bits per heavy atom. The van der Waals surface area contributed by atoms with Crippen molar-refractivity contribution < 1.29 is 60.3 Å². The number of imidazole rings is 3. The van der Waals surface area contributed by atoms with Crippen LogP contribution in [-0.2, 0) is 60.3 Å². The molecule has 21 rings (SSSR count). The van der Waals surface area contributed by atoms with Crippen molar-refractivity contribution in [2.24, 2.45) is 23.7 Å². The van der Waals surface area contributed by atoms with Gasteiger partial charge in [0.05, 0.1) is 34.0 Å². The van der Waals surface area contributed by atoms with Crippen LogP contribution in [0.4, 0.5) is 22.7 Å². The molecule has 6 fully saturated rings. The minimum atomic E-state index is 0. The van der Waals surface area contributed by atoms with Crippen LogP contribution < -0.4 is 19.6 Å². The Morgan fingerprint density at radius 2 is 0.592 bits per heavy atom. The van der Waals surface area contributed by atoms with Gasteiger partial charge in [0.2, 0.25) is 0 Å². The summed E-state index contributed by atoms with van der Waals surface area (Å²) in [5.41, 5.74) is 22.9. The average Bonchev–Trinajstić information content (AvgIpc) is 1.54. The van der Waals surface area contributed by atoms with E-state index in [1.165, 1.54) is 252 Å². The van der Waals surface area contributed by atoms with Gasteiger partial charge in [-0.1, -0.05) is 167 Å². The van der Waals surface area contributed by atoms with Crippen LogP contribution in [0.3, 0.4) is 0 Å². The Labute approximate surface area is 767 Å². The van der Waals surface area contributed by atoms with Gasteiger partial charge in [-0.15, -0.1) is 89.0 Å². The molecule has 6 saturated heterocycles. The SMILES string of the molecule is CC(C)C1CCN(c2cccc(N3CCC(C(C)C)CC3)c2-c2cnc3c4[c-]cccc4c4ccccc4n23)CC1.[Ir].[Ir].[Ir].[c-]1cccc2c1c1ncc(-c3c(C4CSCCSC4)cccc3C3CSCCSC3)n1c1ccccc21.[c-]1cccc2c1c1ncc(-c3c(N4CCCCCCC4)cccc3N3CCCCCCC3)n1c1ccccc21. The molecule has 0 spiro atoms. The number of para-hydroxylation sites is 3. The molecule has 6 aliphatic heterocycles. The van der Waals surface area contributed by atoms with Crippen LogP contribution in [0.25, 0.3) is 116 Å². The molecular formula is C103H111Ir3N10S4-3. The van der Waals surface area contributed by atoms with E-state index in [-0.39, 0.29) is 60.3 Å². The standard InChI is InChI=1S/C37H43N4.C35H39N4.C31H29N2S4.3Ir/c1-25(2)27-16-20-39(21-17-27)33-14-9-15-34(40-22-18-28(19-23-40)26(3)4)36(33)35-24-38-37-31-12-6-5-10-29(31)30-11-7-8-13-32(30)41(35)37;1-3-11-22-37(23-12-4-1)31-20-15-21-32(38-24-13-5-2-6-14-25-38)34(31)33-26-36-35-29-18-8-7-16-27(29)28-17-9-10-19-30(28)39(33)35;1-2-8-27-25(6-1)26-7-3-4-11-28(26)33-29(16-32-31(27)33)30-23(21-17-34-12-13-35-18-21)9-5-10-24(30)22-19-36-14-15-37-20-22;;;/h5-11,13-15,24-28H,16-23H2,1-4H3;7-10,15-17,19-21,26H,1-6,11-14,22-25H2;1-7,9-11,16,21-22H,12-15,17-20H2;;;/q3*-1;;;. The van der Waals surface area contributed by atoms with Crippen molar-refractivity contribution in [1.29, 1.82) is 0 Å². The number of hydrogen-bond acceptors (Lipinski definition) is 11. The Kier molecular flexibility index (Phi) is 28.9. The summed E-state index contributed by atoms with van der Waals surface area (Å²) in [5, 5.41) is 10.7. The van der Waals surface area contributed by atoms with Crippen LogP contribution >= 0.6 is 47.0 Å². The molecule has 120 heavy (non-hydrogen) atoms. The smallest absolute Gasteiger partial charge is 0.0676 e. The number of aromatic nitrogens is 6. The second-order valence-corrected chi connectivity index (χ2v) is 38.9. The predicted molar refractivity (Wildman–Crippen MR) is 508 cm³/mol. The first-order chi connectivity index (χ1) is 57.8. The summed E-state index contributed by atoms with van der Waals surface area (Å²) in [6.45, 7) is 18.5. The van der Waals surface area contributed by atoms with Crippen molar-refractivity contribution in [3.63, 3.8) is 0 Å². The molecule has 10 nitrogen and oxygen atoms in total. The van der Waals surface area contributed by atoms with E-state index in [1.807, 2.05) is 18.2 Å². The maximum Gasteiger partial charge on any atom is 0.0676 e. The van der Waals surface area contributed by atoms with Crippen LogP contribution in [0.1, 0.15) is 141 Å². The van der Waals surface area contributed by atoms with Gasteiger partial charge >= 0.3 is 0 Å². The zero-order valence-corrected chi connectivity index (χ0v) is 80.3. The fourth-order valence-corrected chi connectivity index (χ4v) is 25.6. The summed E-state index contributed by atoms with van der Waals surface area (Å²) in [5.74, 6) is 14.1.